The van der Waals surface area contributed by atoms with Gasteiger partial charge in [-0.05, 0) is 43.4 Å². The average Bonchev–Trinajstić information content (AvgIpc) is 1.02. The number of hydrogen-bond donors (Lipinski definition) is 3. The summed E-state index contributed by atoms with van der Waals surface area (Å²) in [5, 5.41) is 10.6. The molecular weight excluding hydrogens is 1290 g/mol. The highest BCUT2D eigenvalue weighted by Gasteiger charge is 2.30. The molecule has 0 fully saturated rings. The number of rotatable bonds is 78. The molecular formula is C80H156O17P2. The van der Waals surface area contributed by atoms with E-state index in [1.165, 1.54) is 225 Å². The van der Waals surface area contributed by atoms with Crippen LogP contribution >= 0.6 is 15.6 Å². The van der Waals surface area contributed by atoms with E-state index in [1.807, 2.05) is 0 Å². The van der Waals surface area contributed by atoms with Crippen molar-refractivity contribution in [3.05, 3.63) is 0 Å². The van der Waals surface area contributed by atoms with Crippen LogP contribution in [0.4, 0.5) is 0 Å². The fourth-order valence-corrected chi connectivity index (χ4v) is 13.9. The minimum Gasteiger partial charge on any atom is -0.462 e. The minimum absolute atomic E-state index is 0.106. The molecule has 99 heavy (non-hydrogen) atoms. The fourth-order valence-electron chi connectivity index (χ4n) is 12.3. The molecule has 0 aromatic carbocycles. The van der Waals surface area contributed by atoms with Crippen molar-refractivity contribution in [2.45, 2.75) is 433 Å². The zero-order valence-electron chi connectivity index (χ0n) is 65.0. The Morgan fingerprint density at radius 1 is 0.273 bits per heavy atom. The third-order valence-corrected chi connectivity index (χ3v) is 20.5. The standard InChI is InChI=1S/C80H156O17P2/c1-8-9-10-11-12-13-14-15-16-17-18-19-20-21-24-35-42-49-56-63-79(84)96-75(67-90-77(82)61-54-47-40-33-25-22-23-30-37-44-51-58-71(2)3)69-94-98(86,87)92-65-74(81)66-93-99(88,89)95-70-76(97-80(85)64-57-50-43-36-29-27-32-39-46-53-60-73(6)7)68-91-78(83)62-55-48-41-34-28-26-31-38-45-52-59-72(4)5/h71-76,81H,8-70H2,1-7H3,(H,86,87)(H,88,89)/t74-,75-,76-/m1/s1. The van der Waals surface area contributed by atoms with Crippen molar-refractivity contribution in [2.24, 2.45) is 17.8 Å². The van der Waals surface area contributed by atoms with E-state index in [-0.39, 0.29) is 25.7 Å². The van der Waals surface area contributed by atoms with Crippen LogP contribution in [0.5, 0.6) is 0 Å². The summed E-state index contributed by atoms with van der Waals surface area (Å²) in [5.74, 6) is 0.169. The maximum absolute atomic E-state index is 13.1. The lowest BCUT2D eigenvalue weighted by atomic mass is 10.0. The van der Waals surface area contributed by atoms with Gasteiger partial charge < -0.3 is 33.8 Å². The van der Waals surface area contributed by atoms with Gasteiger partial charge in [-0.15, -0.1) is 0 Å². The van der Waals surface area contributed by atoms with Gasteiger partial charge in [-0.3, -0.25) is 37.3 Å². The summed E-state index contributed by atoms with van der Waals surface area (Å²) in [6.45, 7) is 11.9. The summed E-state index contributed by atoms with van der Waals surface area (Å²) < 4.78 is 68.7. The van der Waals surface area contributed by atoms with Crippen LogP contribution in [-0.4, -0.2) is 96.7 Å². The Kier molecular flexibility index (Phi) is 69.0. The molecule has 19 heteroatoms. The number of esters is 4. The Hall–Kier alpha value is -1.94. The van der Waals surface area contributed by atoms with Crippen molar-refractivity contribution < 1.29 is 80.2 Å². The van der Waals surface area contributed by atoms with Crippen molar-refractivity contribution in [2.75, 3.05) is 39.6 Å². The van der Waals surface area contributed by atoms with E-state index >= 15 is 0 Å². The van der Waals surface area contributed by atoms with E-state index in [1.54, 1.807) is 0 Å². The van der Waals surface area contributed by atoms with Gasteiger partial charge in [0.25, 0.3) is 0 Å². The van der Waals surface area contributed by atoms with Gasteiger partial charge >= 0.3 is 39.5 Å². The molecule has 0 amide bonds. The second-order valence-corrected chi connectivity index (χ2v) is 33.1. The molecule has 0 heterocycles. The highest BCUT2D eigenvalue weighted by Crippen LogP contribution is 2.45. The zero-order valence-corrected chi connectivity index (χ0v) is 66.8. The lowest BCUT2D eigenvalue weighted by Gasteiger charge is -2.21. The first-order valence-corrected chi connectivity index (χ1v) is 44.3. The minimum atomic E-state index is -4.96. The molecule has 17 nitrogen and oxygen atoms in total. The van der Waals surface area contributed by atoms with E-state index in [4.69, 9.17) is 37.0 Å². The van der Waals surface area contributed by atoms with E-state index in [0.717, 1.165) is 108 Å². The maximum atomic E-state index is 13.1. The first kappa shape index (κ1) is 97.1. The van der Waals surface area contributed by atoms with Gasteiger partial charge in [0.05, 0.1) is 26.4 Å². The molecule has 0 radical (unpaired) electrons. The largest absolute Gasteiger partial charge is 0.472 e. The van der Waals surface area contributed by atoms with Crippen LogP contribution in [0.25, 0.3) is 0 Å². The SMILES string of the molecule is CCCCCCCCCCCCCCCCCCCCCC(=O)O[C@H](COC(=O)CCCCCCCCCCCCCC(C)C)COP(=O)(O)OC[C@@H](O)COP(=O)(O)OC[C@@H](COC(=O)CCCCCCCCCCCCC(C)C)OC(=O)CCCCCCCCCCCCC(C)C. The summed E-state index contributed by atoms with van der Waals surface area (Å²) in [4.78, 5) is 73.0. The first-order chi connectivity index (χ1) is 47.7. The topological polar surface area (TPSA) is 237 Å². The number of aliphatic hydroxyl groups is 1. The molecule has 0 bridgehead atoms. The lowest BCUT2D eigenvalue weighted by molar-refractivity contribution is -0.161. The summed E-state index contributed by atoms with van der Waals surface area (Å²) in [6.07, 6.45) is 58.2. The summed E-state index contributed by atoms with van der Waals surface area (Å²) >= 11 is 0. The van der Waals surface area contributed by atoms with Gasteiger partial charge in [-0.1, -0.05) is 363 Å². The number of unbranched alkanes of at least 4 members (excludes halogenated alkanes) is 46. The molecule has 0 rings (SSSR count). The van der Waals surface area contributed by atoms with Crippen molar-refractivity contribution in [1.29, 1.82) is 0 Å². The summed E-state index contributed by atoms with van der Waals surface area (Å²) in [6, 6.07) is 0. The third kappa shape index (κ3) is 74.1. The van der Waals surface area contributed by atoms with Crippen molar-refractivity contribution >= 4 is 39.5 Å². The Morgan fingerprint density at radius 2 is 0.465 bits per heavy atom. The van der Waals surface area contributed by atoms with Gasteiger partial charge in [-0.2, -0.15) is 0 Å². The number of hydrogen-bond acceptors (Lipinski definition) is 15. The number of carbonyl (C=O) groups excluding carboxylic acids is 4. The fraction of sp³-hybridized carbons (Fsp3) is 0.950. The molecule has 0 saturated heterocycles. The number of phosphoric ester groups is 2. The van der Waals surface area contributed by atoms with Gasteiger partial charge in [0.2, 0.25) is 0 Å². The second-order valence-electron chi connectivity index (χ2n) is 30.2. The van der Waals surface area contributed by atoms with E-state index in [2.05, 4.69) is 48.5 Å². The molecule has 0 aromatic heterocycles. The smallest absolute Gasteiger partial charge is 0.462 e. The quantitative estimate of drug-likeness (QED) is 0.0222. The highest BCUT2D eigenvalue weighted by molar-refractivity contribution is 7.47. The molecule has 0 aliphatic rings. The molecule has 3 N–H and O–H groups in total. The molecule has 5 atom stereocenters. The van der Waals surface area contributed by atoms with Crippen LogP contribution in [0.2, 0.25) is 0 Å². The Labute approximate surface area is 607 Å². The Balaban J connectivity index is 5.26. The van der Waals surface area contributed by atoms with Gasteiger partial charge in [0.15, 0.2) is 12.2 Å². The number of phosphoric acid groups is 2. The molecule has 0 aliphatic carbocycles. The van der Waals surface area contributed by atoms with Crippen molar-refractivity contribution in [3.63, 3.8) is 0 Å². The highest BCUT2D eigenvalue weighted by atomic mass is 31.2. The van der Waals surface area contributed by atoms with Gasteiger partial charge in [-0.25, -0.2) is 9.13 Å². The third-order valence-electron chi connectivity index (χ3n) is 18.6. The molecule has 0 spiro atoms. The molecule has 0 aromatic rings. The number of aliphatic hydroxyl groups excluding tert-OH is 1. The number of carbonyl (C=O) groups is 4. The van der Waals surface area contributed by atoms with Crippen LogP contribution in [-0.2, 0) is 65.4 Å². The molecule has 588 valence electrons. The second kappa shape index (κ2) is 70.4. The monoisotopic (exact) mass is 1450 g/mol. The Bertz CT molecular complexity index is 1920. The molecule has 0 saturated carbocycles. The van der Waals surface area contributed by atoms with Crippen molar-refractivity contribution in [3.8, 4) is 0 Å². The average molecular weight is 1450 g/mol. The number of ether oxygens (including phenoxy) is 4. The predicted octanol–water partition coefficient (Wildman–Crippen LogP) is 23.7. The summed E-state index contributed by atoms with van der Waals surface area (Å²) in [5.41, 5.74) is 0. The molecule has 2 unspecified atom stereocenters. The van der Waals surface area contributed by atoms with Crippen LogP contribution in [0.15, 0.2) is 0 Å². The summed E-state index contributed by atoms with van der Waals surface area (Å²) in [7, 11) is -9.92. The Morgan fingerprint density at radius 3 is 0.687 bits per heavy atom. The van der Waals surface area contributed by atoms with E-state index < -0.39 is 97.5 Å². The van der Waals surface area contributed by atoms with E-state index in [0.29, 0.717) is 25.7 Å². The zero-order chi connectivity index (χ0) is 73.0. The predicted molar refractivity (Wildman–Crippen MR) is 405 cm³/mol. The maximum Gasteiger partial charge on any atom is 0.472 e. The van der Waals surface area contributed by atoms with Crippen LogP contribution in [0.3, 0.4) is 0 Å². The van der Waals surface area contributed by atoms with E-state index in [9.17, 15) is 43.2 Å². The lowest BCUT2D eigenvalue weighted by Crippen LogP contribution is -2.30. The van der Waals surface area contributed by atoms with Crippen LogP contribution in [0, 0.1) is 17.8 Å². The van der Waals surface area contributed by atoms with Crippen LogP contribution < -0.4 is 0 Å². The van der Waals surface area contributed by atoms with Gasteiger partial charge in [0, 0.05) is 25.7 Å². The van der Waals surface area contributed by atoms with Crippen molar-refractivity contribution in [1.82, 2.24) is 0 Å². The van der Waals surface area contributed by atoms with Crippen LogP contribution in [0.1, 0.15) is 414 Å². The normalized spacial score (nSPS) is 14.0. The van der Waals surface area contributed by atoms with Gasteiger partial charge in [0.1, 0.15) is 19.3 Å². The first-order valence-electron chi connectivity index (χ1n) is 41.3. The molecule has 0 aliphatic heterocycles.